The Hall–Kier alpha value is 1.87. The molecule has 0 atom stereocenters. The molecule has 0 unspecified atom stereocenters. The fraction of sp³-hybridized carbons (Fsp3) is 1.00. The molecule has 0 saturated carbocycles. The molecule has 0 fully saturated rings. The van der Waals surface area contributed by atoms with Crippen LogP contribution in [0.25, 0.3) is 0 Å². The first-order valence-electron chi connectivity index (χ1n) is 21.5. The van der Waals surface area contributed by atoms with E-state index < -0.39 is 0 Å². The molecular formula is C36H90FeN6O24V6+2. The van der Waals surface area contributed by atoms with Gasteiger partial charge in [-0.2, -0.15) is 0 Å². The average molecular weight is 1350 g/mol. The van der Waals surface area contributed by atoms with E-state index in [1.54, 1.807) is 29.4 Å². The van der Waals surface area contributed by atoms with Crippen LogP contribution in [0.2, 0.25) is 0 Å². The SMILES string of the molecule is OCCN(CCO)CCO.OCCN(CCO)CCO.OCCN(CCO)CCO.OCCN(CCO)CCO.OCCN(CCO)CCO.OCCN(CCO)CCO.[Fe+2].[O]=[V].[O]=[V].[O]=[V].[O]=[V].[O]=[V].[O]=[V]. The van der Waals surface area contributed by atoms with Crippen LogP contribution in [0.3, 0.4) is 0 Å². The van der Waals surface area contributed by atoms with Gasteiger partial charge in [0.1, 0.15) is 0 Å². The zero-order valence-corrected chi connectivity index (χ0v) is 51.2. The van der Waals surface area contributed by atoms with E-state index in [4.69, 9.17) is 114 Å². The zero-order valence-electron chi connectivity index (χ0n) is 41.7. The molecule has 0 aliphatic carbocycles. The molecule has 0 saturated heterocycles. The maximum atomic E-state index is 8.48. The molecule has 0 spiro atoms. The van der Waals surface area contributed by atoms with Crippen LogP contribution in [0.5, 0.6) is 0 Å². The fourth-order valence-corrected chi connectivity index (χ4v) is 4.56. The molecule has 0 amide bonds. The summed E-state index contributed by atoms with van der Waals surface area (Å²) in [6.45, 7) is 10.5. The molecule has 37 heteroatoms. The topological polar surface area (TPSA) is 486 Å². The third-order valence-electron chi connectivity index (χ3n) is 7.49. The molecule has 0 aromatic heterocycles. The predicted octanol–water partition coefficient (Wildman–Crippen LogP) is -11.1. The Morgan fingerprint density at radius 1 is 0.151 bits per heavy atom. The van der Waals surface area contributed by atoms with Gasteiger partial charge in [0.05, 0.1) is 119 Å². The van der Waals surface area contributed by atoms with Gasteiger partial charge in [0.15, 0.2) is 0 Å². The van der Waals surface area contributed by atoms with Crippen molar-refractivity contribution in [2.75, 3.05) is 237 Å². The van der Waals surface area contributed by atoms with Crippen LogP contribution in [0, 0.1) is 0 Å². The van der Waals surface area contributed by atoms with Crippen LogP contribution in [0.15, 0.2) is 0 Å². The summed E-state index contributed by atoms with van der Waals surface area (Å²) in [6.07, 6.45) is 0. The standard InChI is InChI=1S/6C6H15NO3.Fe.6O.6V/c6*8-4-1-7(2-5-9)3-6-10;;;;;;;;;;;;;/h6*8-10H,1-6H2;;;;;;;;;;;;;/q;;;;;;+2;;;;;;;;;;;;. The fourth-order valence-electron chi connectivity index (χ4n) is 4.56. The summed E-state index contributed by atoms with van der Waals surface area (Å²) in [7, 11) is 0. The summed E-state index contributed by atoms with van der Waals surface area (Å²) in [6, 6.07) is 0. The molecule has 0 aromatic rings. The number of aliphatic hydroxyl groups is 18. The Labute approximate surface area is 497 Å². The van der Waals surface area contributed by atoms with Crippen LogP contribution in [-0.4, -0.2) is 358 Å². The molecule has 30 nitrogen and oxygen atoms in total. The molecule has 18 N–H and O–H groups in total. The van der Waals surface area contributed by atoms with Gasteiger partial charge < -0.3 is 91.9 Å². The number of aliphatic hydroxyl groups excluding tert-OH is 18. The Bertz CT molecular complexity index is 593. The zero-order chi connectivity index (χ0) is 58.9. The van der Waals surface area contributed by atoms with Crippen LogP contribution in [-0.2, 0) is 143 Å². The number of nitrogens with zero attached hydrogens (tertiary/aromatic N) is 6. The first kappa shape index (κ1) is 107. The van der Waals surface area contributed by atoms with Gasteiger partial charge in [0.25, 0.3) is 0 Å². The van der Waals surface area contributed by atoms with Gasteiger partial charge in [-0.25, -0.2) is 0 Å². The molecule has 0 bridgehead atoms. The van der Waals surface area contributed by atoms with Gasteiger partial charge in [-0.05, 0) is 0 Å². The van der Waals surface area contributed by atoms with Gasteiger partial charge in [-0.3, -0.25) is 29.4 Å². The molecule has 0 rings (SSSR count). The summed E-state index contributed by atoms with van der Waals surface area (Å²) < 4.78 is 49.1. The van der Waals surface area contributed by atoms with Gasteiger partial charge >= 0.3 is 143 Å². The summed E-state index contributed by atoms with van der Waals surface area (Å²) in [5.41, 5.74) is 0. The van der Waals surface area contributed by atoms with E-state index in [0.29, 0.717) is 118 Å². The van der Waals surface area contributed by atoms with Crippen LogP contribution in [0.4, 0.5) is 0 Å². The van der Waals surface area contributed by atoms with Crippen molar-refractivity contribution in [2.45, 2.75) is 0 Å². The van der Waals surface area contributed by atoms with Gasteiger partial charge in [-0.15, -0.1) is 0 Å². The van der Waals surface area contributed by atoms with Crippen molar-refractivity contribution < 1.29 is 235 Å². The first-order chi connectivity index (χ1) is 35.1. The van der Waals surface area contributed by atoms with Gasteiger partial charge in [0.2, 0.25) is 0 Å². The molecule has 73 heavy (non-hydrogen) atoms. The normalized spacial score (nSPS) is 9.12. The third kappa shape index (κ3) is 122. The van der Waals surface area contributed by atoms with E-state index in [0.717, 1.165) is 104 Å². The van der Waals surface area contributed by atoms with E-state index in [9.17, 15) is 0 Å². The second kappa shape index (κ2) is 126. The number of hydrogen-bond acceptors (Lipinski definition) is 30. The van der Waals surface area contributed by atoms with Crippen molar-refractivity contribution in [1.29, 1.82) is 0 Å². The first-order valence-corrected chi connectivity index (χ1v) is 24.9. The second-order valence-electron chi connectivity index (χ2n) is 12.1. The molecule has 0 aliphatic heterocycles. The number of rotatable bonds is 36. The number of hydrogen-bond donors (Lipinski definition) is 18. The van der Waals surface area contributed by atoms with Crippen molar-refractivity contribution in [2.24, 2.45) is 0 Å². The Morgan fingerprint density at radius 2 is 0.192 bits per heavy atom. The van der Waals surface area contributed by atoms with Crippen molar-refractivity contribution >= 4 is 0 Å². The van der Waals surface area contributed by atoms with E-state index in [2.05, 4.69) is 0 Å². The quantitative estimate of drug-likeness (QED) is 0.0259. The van der Waals surface area contributed by atoms with Crippen molar-refractivity contribution in [3.05, 3.63) is 0 Å². The molecule has 444 valence electrons. The van der Waals surface area contributed by atoms with E-state index in [1.807, 2.05) is 0 Å². The van der Waals surface area contributed by atoms with Crippen molar-refractivity contribution in [1.82, 2.24) is 29.4 Å². The van der Waals surface area contributed by atoms with Crippen LogP contribution < -0.4 is 0 Å². The summed E-state index contributed by atoms with van der Waals surface area (Å²) in [4.78, 5) is 10.8. The molecule has 0 aromatic carbocycles. The molecule has 0 heterocycles. The summed E-state index contributed by atoms with van der Waals surface area (Å²) in [5, 5.41) is 153. The Kier molecular flexibility index (Phi) is 184. The molecular weight excluding hydrogens is 1260 g/mol. The van der Waals surface area contributed by atoms with Crippen LogP contribution >= 0.6 is 0 Å². The monoisotopic (exact) mass is 1350 g/mol. The van der Waals surface area contributed by atoms with Gasteiger partial charge in [0, 0.05) is 118 Å². The second-order valence-corrected chi connectivity index (χ2v) is 12.1. The minimum absolute atomic E-state index is 0. The summed E-state index contributed by atoms with van der Waals surface area (Å²) >= 11 is 6.38. The Morgan fingerprint density at radius 3 is 0.219 bits per heavy atom. The van der Waals surface area contributed by atoms with Crippen molar-refractivity contribution in [3.8, 4) is 0 Å². The molecule has 0 radical (unpaired) electrons. The Balaban J connectivity index is -0.0000000514. The van der Waals surface area contributed by atoms with E-state index in [1.165, 1.54) is 0 Å². The summed E-state index contributed by atoms with van der Waals surface area (Å²) in [5.74, 6) is 0. The third-order valence-corrected chi connectivity index (χ3v) is 7.49. The predicted molar refractivity (Wildman–Crippen MR) is 230 cm³/mol. The van der Waals surface area contributed by atoms with Crippen molar-refractivity contribution in [3.63, 3.8) is 0 Å². The average Bonchev–Trinajstić information content (AvgIpc) is 3.40. The van der Waals surface area contributed by atoms with Gasteiger partial charge in [-0.1, -0.05) is 0 Å². The minimum atomic E-state index is 0. The van der Waals surface area contributed by atoms with Crippen LogP contribution in [0.1, 0.15) is 0 Å². The van der Waals surface area contributed by atoms with E-state index in [-0.39, 0.29) is 136 Å². The van der Waals surface area contributed by atoms with E-state index >= 15 is 0 Å². The molecule has 0 aliphatic rings. The maximum absolute atomic E-state index is 8.48.